The lowest BCUT2D eigenvalue weighted by Crippen LogP contribution is -2.56. The number of aliphatic hydroxyl groups is 1. The Bertz CT molecular complexity index is 835. The summed E-state index contributed by atoms with van der Waals surface area (Å²) >= 11 is 0. The van der Waals surface area contributed by atoms with E-state index in [-0.39, 0.29) is 16.3 Å². The average molecular weight is 364 g/mol. The molecule has 1 unspecified atom stereocenters. The van der Waals surface area contributed by atoms with Crippen molar-refractivity contribution in [1.29, 1.82) is 0 Å². The van der Waals surface area contributed by atoms with Gasteiger partial charge in [-0.25, -0.2) is 0 Å². The van der Waals surface area contributed by atoms with Crippen molar-refractivity contribution in [1.82, 2.24) is 5.01 Å². The van der Waals surface area contributed by atoms with E-state index < -0.39 is 24.2 Å². The van der Waals surface area contributed by atoms with Crippen LogP contribution in [0.4, 0.5) is 13.2 Å². The molecule has 0 radical (unpaired) electrons. The van der Waals surface area contributed by atoms with Crippen LogP contribution in [0.2, 0.25) is 0 Å². The highest BCUT2D eigenvalue weighted by atomic mass is 19.4. The lowest BCUT2D eigenvalue weighted by molar-refractivity contribution is -0.297. The van der Waals surface area contributed by atoms with E-state index in [4.69, 9.17) is 4.74 Å². The van der Waals surface area contributed by atoms with Gasteiger partial charge in [0.2, 0.25) is 0 Å². The zero-order valence-corrected chi connectivity index (χ0v) is 13.7. The molecule has 1 aliphatic rings. The van der Waals surface area contributed by atoms with Gasteiger partial charge in [0, 0.05) is 5.56 Å². The summed E-state index contributed by atoms with van der Waals surface area (Å²) < 4.78 is 45.6. The zero-order valence-electron chi connectivity index (χ0n) is 13.7. The minimum atomic E-state index is -5.07. The molecule has 0 aromatic heterocycles. The first-order valence-corrected chi connectivity index (χ1v) is 7.67. The normalized spacial score (nSPS) is 20.0. The van der Waals surface area contributed by atoms with Crippen LogP contribution in [0.5, 0.6) is 5.75 Å². The van der Waals surface area contributed by atoms with E-state index >= 15 is 0 Å². The fourth-order valence-corrected chi connectivity index (χ4v) is 2.63. The van der Waals surface area contributed by atoms with Crippen LogP contribution < -0.4 is 4.74 Å². The third-order valence-corrected chi connectivity index (χ3v) is 4.08. The van der Waals surface area contributed by atoms with Crippen molar-refractivity contribution in [2.75, 3.05) is 7.11 Å². The van der Waals surface area contributed by atoms with Gasteiger partial charge in [0.1, 0.15) is 5.75 Å². The summed E-state index contributed by atoms with van der Waals surface area (Å²) in [6.45, 7) is 0. The Balaban J connectivity index is 2.01. The molecule has 0 bridgehead atoms. The van der Waals surface area contributed by atoms with Crippen LogP contribution in [0.3, 0.4) is 0 Å². The molecule has 1 amide bonds. The van der Waals surface area contributed by atoms with E-state index in [0.717, 1.165) is 0 Å². The van der Waals surface area contributed by atoms with Crippen molar-refractivity contribution in [3.63, 3.8) is 0 Å². The van der Waals surface area contributed by atoms with E-state index in [1.54, 1.807) is 30.3 Å². The molecule has 0 fully saturated rings. The van der Waals surface area contributed by atoms with Crippen LogP contribution in [-0.2, 0) is 0 Å². The van der Waals surface area contributed by atoms with Crippen molar-refractivity contribution in [3.8, 4) is 5.75 Å². The molecule has 1 heterocycles. The topological polar surface area (TPSA) is 62.1 Å². The molecule has 2 aromatic carbocycles. The average Bonchev–Trinajstić information content (AvgIpc) is 3.01. The van der Waals surface area contributed by atoms with E-state index in [9.17, 15) is 23.1 Å². The summed E-state index contributed by atoms with van der Waals surface area (Å²) in [5.41, 5.74) is -3.08. The molecule has 8 heteroatoms. The van der Waals surface area contributed by atoms with Gasteiger partial charge in [0.15, 0.2) is 0 Å². The molecule has 26 heavy (non-hydrogen) atoms. The van der Waals surface area contributed by atoms with E-state index in [1.165, 1.54) is 31.4 Å². The van der Waals surface area contributed by atoms with Crippen LogP contribution in [0.15, 0.2) is 59.7 Å². The smallest absolute Gasteiger partial charge is 0.438 e. The van der Waals surface area contributed by atoms with E-state index in [0.29, 0.717) is 11.3 Å². The number of halogens is 3. The highest BCUT2D eigenvalue weighted by molar-refractivity contribution is 6.05. The fraction of sp³-hybridized carbons (Fsp3) is 0.222. The number of carbonyl (C=O) groups is 1. The molecule has 0 spiro atoms. The summed E-state index contributed by atoms with van der Waals surface area (Å²) in [6, 6.07) is 13.6. The van der Waals surface area contributed by atoms with Crippen molar-refractivity contribution >= 4 is 11.6 Å². The van der Waals surface area contributed by atoms with Crippen molar-refractivity contribution in [3.05, 3.63) is 65.7 Å². The molecule has 1 atom stereocenters. The minimum Gasteiger partial charge on any atom is -0.497 e. The third kappa shape index (κ3) is 3.03. The predicted octanol–water partition coefficient (Wildman–Crippen LogP) is 3.20. The predicted molar refractivity (Wildman–Crippen MR) is 87.8 cm³/mol. The minimum absolute atomic E-state index is 0.0210. The largest absolute Gasteiger partial charge is 0.497 e. The maximum absolute atomic E-state index is 13.5. The molecular formula is C18H15F3N2O3. The van der Waals surface area contributed by atoms with Crippen molar-refractivity contribution < 1.29 is 27.8 Å². The number of methoxy groups -OCH3 is 1. The number of ether oxygens (including phenoxy) is 1. The molecule has 1 N–H and O–H groups in total. The second-order valence-electron chi connectivity index (χ2n) is 5.75. The lowest BCUT2D eigenvalue weighted by Gasteiger charge is -2.32. The maximum atomic E-state index is 13.5. The number of amides is 1. The van der Waals surface area contributed by atoms with Gasteiger partial charge in [-0.3, -0.25) is 4.79 Å². The Hall–Kier alpha value is -2.87. The van der Waals surface area contributed by atoms with Crippen LogP contribution in [-0.4, -0.2) is 40.7 Å². The van der Waals surface area contributed by atoms with Gasteiger partial charge in [0.05, 0.1) is 19.2 Å². The van der Waals surface area contributed by atoms with Gasteiger partial charge in [-0.15, -0.1) is 0 Å². The summed E-state index contributed by atoms with van der Waals surface area (Å²) in [5, 5.41) is 14.2. The van der Waals surface area contributed by atoms with Gasteiger partial charge >= 0.3 is 6.18 Å². The van der Waals surface area contributed by atoms with Crippen molar-refractivity contribution in [2.24, 2.45) is 5.10 Å². The van der Waals surface area contributed by atoms with Crippen LogP contribution in [0, 0.1) is 0 Å². The second kappa shape index (κ2) is 6.45. The molecular weight excluding hydrogens is 349 g/mol. The van der Waals surface area contributed by atoms with Gasteiger partial charge in [-0.1, -0.05) is 30.3 Å². The van der Waals surface area contributed by atoms with Gasteiger partial charge in [-0.05, 0) is 29.8 Å². The highest BCUT2D eigenvalue weighted by Gasteiger charge is 2.63. The lowest BCUT2D eigenvalue weighted by atomic mass is 10.0. The van der Waals surface area contributed by atoms with Gasteiger partial charge in [-0.2, -0.15) is 23.3 Å². The Morgan fingerprint density at radius 3 is 2.31 bits per heavy atom. The first-order valence-electron chi connectivity index (χ1n) is 7.67. The molecule has 3 rings (SSSR count). The molecule has 136 valence electrons. The summed E-state index contributed by atoms with van der Waals surface area (Å²) in [4.78, 5) is 12.6. The number of nitrogens with zero attached hydrogens (tertiary/aromatic N) is 2. The Morgan fingerprint density at radius 2 is 1.77 bits per heavy atom. The number of hydrazone groups is 1. The fourth-order valence-electron chi connectivity index (χ4n) is 2.63. The third-order valence-electron chi connectivity index (χ3n) is 4.08. The summed E-state index contributed by atoms with van der Waals surface area (Å²) in [5.74, 6) is -0.610. The first kappa shape index (κ1) is 17.9. The quantitative estimate of drug-likeness (QED) is 0.910. The summed E-state index contributed by atoms with van der Waals surface area (Å²) in [6.07, 6.45) is -5.92. The number of carbonyl (C=O) groups excluding carboxylic acids is 1. The maximum Gasteiger partial charge on any atom is 0.438 e. The highest BCUT2D eigenvalue weighted by Crippen LogP contribution is 2.42. The summed E-state index contributed by atoms with van der Waals surface area (Å²) in [7, 11) is 1.43. The Kier molecular flexibility index (Phi) is 4.45. The molecule has 2 aromatic rings. The van der Waals surface area contributed by atoms with Crippen LogP contribution in [0.1, 0.15) is 22.3 Å². The van der Waals surface area contributed by atoms with Crippen molar-refractivity contribution in [2.45, 2.75) is 18.3 Å². The van der Waals surface area contributed by atoms with E-state index in [2.05, 4.69) is 5.10 Å². The van der Waals surface area contributed by atoms with Crippen LogP contribution in [0.25, 0.3) is 0 Å². The zero-order chi connectivity index (χ0) is 18.9. The van der Waals surface area contributed by atoms with Crippen LogP contribution >= 0.6 is 0 Å². The number of hydrogen-bond acceptors (Lipinski definition) is 4. The van der Waals surface area contributed by atoms with Gasteiger partial charge < -0.3 is 9.84 Å². The van der Waals surface area contributed by atoms with Gasteiger partial charge in [0.25, 0.3) is 11.6 Å². The monoisotopic (exact) mass is 364 g/mol. The SMILES string of the molecule is COc1ccc(C(=O)N2N=C(c3ccccc3)CC2(O)C(F)(F)F)cc1. The molecule has 0 saturated heterocycles. The Labute approximate surface area is 147 Å². The standard InChI is InChI=1S/C18H15F3N2O3/c1-26-14-9-7-13(8-10-14)16(24)23-17(25,18(19,20)21)11-15(22-23)12-5-3-2-4-6-12/h2-10,25H,11H2,1H3. The number of alkyl halides is 3. The molecule has 5 nitrogen and oxygen atoms in total. The van der Waals surface area contributed by atoms with E-state index in [1.807, 2.05) is 0 Å². The molecule has 1 aliphatic heterocycles. The molecule has 0 saturated carbocycles. The number of hydrogen-bond donors (Lipinski definition) is 1. The molecule has 0 aliphatic carbocycles. The first-order chi connectivity index (χ1) is 12.3. The number of rotatable bonds is 3. The second-order valence-corrected chi connectivity index (χ2v) is 5.75. The Morgan fingerprint density at radius 1 is 1.15 bits per heavy atom. The number of benzene rings is 2.